The maximum atomic E-state index is 12.2. The Morgan fingerprint density at radius 2 is 2.04 bits per heavy atom. The predicted octanol–water partition coefficient (Wildman–Crippen LogP) is 1.59. The number of rotatable bonds is 6. The molecule has 1 aliphatic rings. The number of nitrogens with zero attached hydrogens (tertiary/aromatic N) is 4. The smallest absolute Gasteiger partial charge is 0.290 e. The molecular formula is C20H30N6O2. The van der Waals surface area contributed by atoms with Gasteiger partial charge in [-0.1, -0.05) is 27.2 Å². The second kappa shape index (κ2) is 8.68. The van der Waals surface area contributed by atoms with Crippen molar-refractivity contribution >= 4 is 5.82 Å². The van der Waals surface area contributed by atoms with Gasteiger partial charge in [0, 0.05) is 43.0 Å². The van der Waals surface area contributed by atoms with Gasteiger partial charge in [-0.05, 0) is 25.5 Å². The molecule has 8 heteroatoms. The van der Waals surface area contributed by atoms with E-state index in [-0.39, 0.29) is 16.5 Å². The summed E-state index contributed by atoms with van der Waals surface area (Å²) in [6.45, 7) is 9.24. The van der Waals surface area contributed by atoms with E-state index >= 15 is 0 Å². The summed E-state index contributed by atoms with van der Waals surface area (Å²) < 4.78 is 1.57. The molecule has 3 rings (SSSR count). The number of nitrogens with one attached hydrogen (secondary N) is 2. The Labute approximate surface area is 165 Å². The van der Waals surface area contributed by atoms with Crippen molar-refractivity contribution in [3.8, 4) is 0 Å². The van der Waals surface area contributed by atoms with Crippen LogP contribution in [0, 0.1) is 0 Å². The third-order valence-corrected chi connectivity index (χ3v) is 5.20. The number of H-pyrrole nitrogens is 1. The fourth-order valence-electron chi connectivity index (χ4n) is 3.51. The SMILES string of the molecule is CC(C)(C)c1ccc(=O)n(CCN2CCCCC2CNc2ncc[nH]c2=O)n1. The van der Waals surface area contributed by atoms with E-state index in [0.29, 0.717) is 24.9 Å². The van der Waals surface area contributed by atoms with E-state index in [2.05, 4.69) is 46.1 Å². The van der Waals surface area contributed by atoms with Crippen LogP contribution in [0.1, 0.15) is 45.7 Å². The zero-order chi connectivity index (χ0) is 20.1. The fourth-order valence-corrected chi connectivity index (χ4v) is 3.51. The van der Waals surface area contributed by atoms with Crippen LogP contribution in [0.4, 0.5) is 5.82 Å². The largest absolute Gasteiger partial charge is 0.364 e. The van der Waals surface area contributed by atoms with Crippen molar-refractivity contribution in [3.63, 3.8) is 0 Å². The molecule has 152 valence electrons. The maximum Gasteiger partial charge on any atom is 0.290 e. The van der Waals surface area contributed by atoms with Gasteiger partial charge >= 0.3 is 0 Å². The molecule has 2 aromatic heterocycles. The van der Waals surface area contributed by atoms with Crippen molar-refractivity contribution in [3.05, 3.63) is 50.9 Å². The lowest BCUT2D eigenvalue weighted by molar-refractivity contribution is 0.147. The van der Waals surface area contributed by atoms with Crippen molar-refractivity contribution in [1.29, 1.82) is 0 Å². The lowest BCUT2D eigenvalue weighted by atomic mass is 9.92. The van der Waals surface area contributed by atoms with Crippen LogP contribution in [0.3, 0.4) is 0 Å². The number of likely N-dealkylation sites (tertiary alicyclic amines) is 1. The molecular weight excluding hydrogens is 356 g/mol. The van der Waals surface area contributed by atoms with Gasteiger partial charge in [0.15, 0.2) is 5.82 Å². The molecule has 2 aromatic rings. The molecule has 0 spiro atoms. The van der Waals surface area contributed by atoms with Crippen molar-refractivity contribution < 1.29 is 0 Å². The molecule has 0 amide bonds. The van der Waals surface area contributed by atoms with Crippen LogP contribution in [0.25, 0.3) is 0 Å². The van der Waals surface area contributed by atoms with Crippen LogP contribution < -0.4 is 16.4 Å². The highest BCUT2D eigenvalue weighted by atomic mass is 16.1. The third-order valence-electron chi connectivity index (χ3n) is 5.20. The van der Waals surface area contributed by atoms with Crippen molar-refractivity contribution in [2.45, 2.75) is 58.0 Å². The third kappa shape index (κ3) is 5.07. The molecule has 0 aliphatic carbocycles. The molecule has 1 fully saturated rings. The standard InChI is InChI=1S/C20H30N6O2/c1-20(2,3)16-7-8-17(27)26(24-16)13-12-25-11-5-4-6-15(25)14-23-18-19(28)22-10-9-21-18/h7-10,15H,4-6,11-14H2,1-3H3,(H,21,23)(H,22,28). The fraction of sp³-hybridized carbons (Fsp3) is 0.600. The number of hydrogen-bond acceptors (Lipinski definition) is 6. The van der Waals surface area contributed by atoms with Gasteiger partial charge < -0.3 is 10.3 Å². The Hall–Kier alpha value is -2.48. The molecule has 0 bridgehead atoms. The molecule has 3 heterocycles. The van der Waals surface area contributed by atoms with Crippen LogP contribution in [0.5, 0.6) is 0 Å². The van der Waals surface area contributed by atoms with Gasteiger partial charge in [-0.15, -0.1) is 0 Å². The summed E-state index contributed by atoms with van der Waals surface area (Å²) in [4.78, 5) is 33.1. The van der Waals surface area contributed by atoms with E-state index in [1.807, 2.05) is 6.07 Å². The number of aromatic nitrogens is 4. The van der Waals surface area contributed by atoms with E-state index in [1.54, 1.807) is 16.9 Å². The normalized spacial score (nSPS) is 18.2. The van der Waals surface area contributed by atoms with E-state index in [0.717, 1.165) is 31.6 Å². The van der Waals surface area contributed by atoms with Gasteiger partial charge in [0.05, 0.1) is 12.2 Å². The molecule has 1 aliphatic heterocycles. The number of anilines is 1. The highest BCUT2D eigenvalue weighted by molar-refractivity contribution is 5.30. The number of aromatic amines is 1. The maximum absolute atomic E-state index is 12.2. The van der Waals surface area contributed by atoms with E-state index < -0.39 is 0 Å². The molecule has 0 aromatic carbocycles. The van der Waals surface area contributed by atoms with Gasteiger partial charge in [0.1, 0.15) is 0 Å². The summed E-state index contributed by atoms with van der Waals surface area (Å²) in [6, 6.07) is 3.73. The van der Waals surface area contributed by atoms with Crippen LogP contribution in [-0.2, 0) is 12.0 Å². The first-order chi connectivity index (χ1) is 13.3. The summed E-state index contributed by atoms with van der Waals surface area (Å²) in [5.74, 6) is 0.351. The molecule has 8 nitrogen and oxygen atoms in total. The molecule has 1 atom stereocenters. The molecule has 28 heavy (non-hydrogen) atoms. The topological polar surface area (TPSA) is 95.9 Å². The lowest BCUT2D eigenvalue weighted by Crippen LogP contribution is -2.46. The molecule has 1 unspecified atom stereocenters. The monoisotopic (exact) mass is 386 g/mol. The Kier molecular flexibility index (Phi) is 6.28. The van der Waals surface area contributed by atoms with Crippen LogP contribution in [0.15, 0.2) is 34.1 Å². The van der Waals surface area contributed by atoms with Gasteiger partial charge in [-0.2, -0.15) is 5.10 Å². The molecule has 0 saturated carbocycles. The molecule has 1 saturated heterocycles. The Balaban J connectivity index is 1.64. The van der Waals surface area contributed by atoms with E-state index in [9.17, 15) is 9.59 Å². The zero-order valence-corrected chi connectivity index (χ0v) is 16.9. The summed E-state index contributed by atoms with van der Waals surface area (Å²) >= 11 is 0. The first-order valence-electron chi connectivity index (χ1n) is 9.95. The van der Waals surface area contributed by atoms with Crippen molar-refractivity contribution in [2.24, 2.45) is 0 Å². The highest BCUT2D eigenvalue weighted by Crippen LogP contribution is 2.19. The van der Waals surface area contributed by atoms with Gasteiger partial charge in [0.2, 0.25) is 0 Å². The average Bonchev–Trinajstić information content (AvgIpc) is 2.66. The Bertz CT molecular complexity index is 898. The van der Waals surface area contributed by atoms with Gasteiger partial charge in [-0.3, -0.25) is 14.5 Å². The number of piperidine rings is 1. The summed E-state index contributed by atoms with van der Waals surface area (Å²) in [5.41, 5.74) is 0.542. The first kappa shape index (κ1) is 20.3. The van der Waals surface area contributed by atoms with Crippen LogP contribution in [0.2, 0.25) is 0 Å². The second-order valence-electron chi connectivity index (χ2n) is 8.36. The minimum atomic E-state index is -0.209. The first-order valence-corrected chi connectivity index (χ1v) is 9.95. The van der Waals surface area contributed by atoms with Crippen molar-refractivity contribution in [1.82, 2.24) is 24.6 Å². The quantitative estimate of drug-likeness (QED) is 0.783. The van der Waals surface area contributed by atoms with E-state index in [1.165, 1.54) is 12.6 Å². The van der Waals surface area contributed by atoms with E-state index in [4.69, 9.17) is 0 Å². The lowest BCUT2D eigenvalue weighted by Gasteiger charge is -2.35. The van der Waals surface area contributed by atoms with Crippen molar-refractivity contribution in [2.75, 3.05) is 25.0 Å². The highest BCUT2D eigenvalue weighted by Gasteiger charge is 2.23. The zero-order valence-electron chi connectivity index (χ0n) is 16.9. The summed E-state index contributed by atoms with van der Waals surface area (Å²) in [7, 11) is 0. The molecule has 2 N–H and O–H groups in total. The Morgan fingerprint density at radius 1 is 1.21 bits per heavy atom. The minimum absolute atomic E-state index is 0.0697. The predicted molar refractivity (Wildman–Crippen MR) is 110 cm³/mol. The number of hydrogen-bond donors (Lipinski definition) is 2. The van der Waals surface area contributed by atoms with Crippen LogP contribution >= 0.6 is 0 Å². The average molecular weight is 386 g/mol. The van der Waals surface area contributed by atoms with Gasteiger partial charge in [-0.25, -0.2) is 9.67 Å². The second-order valence-corrected chi connectivity index (χ2v) is 8.36. The summed E-state index contributed by atoms with van der Waals surface area (Å²) in [5, 5.41) is 7.74. The Morgan fingerprint density at radius 3 is 2.79 bits per heavy atom. The summed E-state index contributed by atoms with van der Waals surface area (Å²) in [6.07, 6.45) is 6.46. The van der Waals surface area contributed by atoms with Crippen LogP contribution in [-0.4, -0.2) is 50.3 Å². The minimum Gasteiger partial charge on any atom is -0.364 e. The molecule has 0 radical (unpaired) electrons. The van der Waals surface area contributed by atoms with Gasteiger partial charge in [0.25, 0.3) is 11.1 Å².